The predicted molar refractivity (Wildman–Crippen MR) is 94.9 cm³/mol. The minimum Gasteiger partial charge on any atom is -0.366 e. The number of amides is 2. The van der Waals surface area contributed by atoms with Crippen molar-refractivity contribution in [2.45, 2.75) is 6.04 Å². The molecule has 2 aromatic carbocycles. The van der Waals surface area contributed by atoms with Gasteiger partial charge < -0.3 is 11.1 Å². The minimum atomic E-state index is -0.525. The van der Waals surface area contributed by atoms with Crippen LogP contribution >= 0.6 is 0 Å². The molecule has 2 amide bonds. The normalized spacial score (nSPS) is 11.5. The van der Waals surface area contributed by atoms with E-state index in [0.717, 1.165) is 11.3 Å². The number of nitrogens with zero attached hydrogens (tertiary/aromatic N) is 1. The highest BCUT2D eigenvalue weighted by Crippen LogP contribution is 2.20. The Hall–Kier alpha value is -3.47. The van der Waals surface area contributed by atoms with Crippen LogP contribution in [0.1, 0.15) is 38.0 Å². The molecule has 0 aliphatic carbocycles. The van der Waals surface area contributed by atoms with Gasteiger partial charge in [-0.15, -0.1) is 0 Å². The molecule has 1 aromatic heterocycles. The molecule has 0 bridgehead atoms. The number of carbonyl (C=O) groups excluding carboxylic acids is 2. The summed E-state index contributed by atoms with van der Waals surface area (Å²) in [6, 6.07) is 21.1. The molecule has 0 saturated carbocycles. The molecule has 0 radical (unpaired) electrons. The van der Waals surface area contributed by atoms with E-state index in [0.29, 0.717) is 11.1 Å². The van der Waals surface area contributed by atoms with Crippen LogP contribution in [-0.4, -0.2) is 16.8 Å². The van der Waals surface area contributed by atoms with Gasteiger partial charge in [0.15, 0.2) is 0 Å². The van der Waals surface area contributed by atoms with E-state index in [1.165, 1.54) is 12.1 Å². The number of benzene rings is 2. The van der Waals surface area contributed by atoms with Crippen LogP contribution in [0.25, 0.3) is 0 Å². The topological polar surface area (TPSA) is 85.1 Å². The van der Waals surface area contributed by atoms with Gasteiger partial charge >= 0.3 is 0 Å². The Kier molecular flexibility index (Phi) is 4.85. The second kappa shape index (κ2) is 7.40. The third-order valence-corrected chi connectivity index (χ3v) is 3.82. The minimum absolute atomic E-state index is 0.254. The van der Waals surface area contributed by atoms with Gasteiger partial charge in [-0.05, 0) is 42.0 Å². The van der Waals surface area contributed by atoms with Crippen LogP contribution in [0.2, 0.25) is 0 Å². The van der Waals surface area contributed by atoms with Crippen LogP contribution < -0.4 is 11.1 Å². The molecule has 5 heteroatoms. The van der Waals surface area contributed by atoms with Crippen molar-refractivity contribution in [3.05, 3.63) is 101 Å². The SMILES string of the molecule is NC(=O)c1ccc(C(=O)NC(c2ccccc2)c2ccccn2)cc1. The monoisotopic (exact) mass is 331 g/mol. The second-order valence-electron chi connectivity index (χ2n) is 5.51. The molecule has 3 aromatic rings. The van der Waals surface area contributed by atoms with Crippen LogP contribution in [0.4, 0.5) is 0 Å². The molecule has 3 N–H and O–H groups in total. The van der Waals surface area contributed by atoms with E-state index in [9.17, 15) is 9.59 Å². The van der Waals surface area contributed by atoms with Crippen molar-refractivity contribution >= 4 is 11.8 Å². The lowest BCUT2D eigenvalue weighted by atomic mass is 10.0. The number of pyridine rings is 1. The van der Waals surface area contributed by atoms with Crippen molar-refractivity contribution in [2.75, 3.05) is 0 Å². The fraction of sp³-hybridized carbons (Fsp3) is 0.0500. The molecule has 0 saturated heterocycles. The van der Waals surface area contributed by atoms with Crippen molar-refractivity contribution < 1.29 is 9.59 Å². The van der Waals surface area contributed by atoms with Gasteiger partial charge in [0, 0.05) is 17.3 Å². The van der Waals surface area contributed by atoms with Gasteiger partial charge in [0.25, 0.3) is 5.91 Å². The zero-order chi connectivity index (χ0) is 17.6. The van der Waals surface area contributed by atoms with Crippen LogP contribution in [0.3, 0.4) is 0 Å². The summed E-state index contributed by atoms with van der Waals surface area (Å²) in [6.07, 6.45) is 1.69. The number of primary amides is 1. The summed E-state index contributed by atoms with van der Waals surface area (Å²) in [5, 5.41) is 3.00. The molecule has 0 spiro atoms. The quantitative estimate of drug-likeness (QED) is 0.754. The van der Waals surface area contributed by atoms with Crippen LogP contribution in [0.15, 0.2) is 79.0 Å². The predicted octanol–water partition coefficient (Wildman–Crippen LogP) is 2.70. The zero-order valence-electron chi connectivity index (χ0n) is 13.4. The molecule has 1 heterocycles. The summed E-state index contributed by atoms with van der Waals surface area (Å²) >= 11 is 0. The van der Waals surface area contributed by atoms with Crippen molar-refractivity contribution in [3.8, 4) is 0 Å². The van der Waals surface area contributed by atoms with Gasteiger partial charge in [0.2, 0.25) is 5.91 Å². The van der Waals surface area contributed by atoms with E-state index in [4.69, 9.17) is 5.73 Å². The van der Waals surface area contributed by atoms with Gasteiger partial charge in [0.1, 0.15) is 0 Å². The first kappa shape index (κ1) is 16.4. The molecule has 0 aliphatic heterocycles. The highest BCUT2D eigenvalue weighted by Gasteiger charge is 2.18. The van der Waals surface area contributed by atoms with Crippen LogP contribution in [0.5, 0.6) is 0 Å². The Morgan fingerprint density at radius 2 is 1.48 bits per heavy atom. The van der Waals surface area contributed by atoms with E-state index in [1.807, 2.05) is 48.5 Å². The first-order valence-electron chi connectivity index (χ1n) is 7.82. The fourth-order valence-electron chi connectivity index (χ4n) is 2.52. The number of nitrogens with two attached hydrogens (primary N) is 1. The van der Waals surface area contributed by atoms with E-state index in [2.05, 4.69) is 10.3 Å². The maximum Gasteiger partial charge on any atom is 0.252 e. The van der Waals surface area contributed by atoms with E-state index >= 15 is 0 Å². The van der Waals surface area contributed by atoms with Crippen molar-refractivity contribution in [1.82, 2.24) is 10.3 Å². The molecular weight excluding hydrogens is 314 g/mol. The third-order valence-electron chi connectivity index (χ3n) is 3.82. The lowest BCUT2D eigenvalue weighted by Gasteiger charge is -2.19. The van der Waals surface area contributed by atoms with Crippen molar-refractivity contribution in [1.29, 1.82) is 0 Å². The van der Waals surface area contributed by atoms with Gasteiger partial charge in [-0.2, -0.15) is 0 Å². The van der Waals surface area contributed by atoms with Gasteiger partial charge in [-0.1, -0.05) is 36.4 Å². The van der Waals surface area contributed by atoms with Crippen LogP contribution in [-0.2, 0) is 0 Å². The summed E-state index contributed by atoms with van der Waals surface area (Å²) in [5.74, 6) is -0.780. The van der Waals surface area contributed by atoms with Crippen molar-refractivity contribution in [3.63, 3.8) is 0 Å². The van der Waals surface area contributed by atoms with Gasteiger partial charge in [-0.3, -0.25) is 14.6 Å². The molecular formula is C20H17N3O2. The maximum absolute atomic E-state index is 12.6. The number of rotatable bonds is 5. The van der Waals surface area contributed by atoms with E-state index < -0.39 is 5.91 Å². The van der Waals surface area contributed by atoms with Crippen molar-refractivity contribution in [2.24, 2.45) is 5.73 Å². The molecule has 1 unspecified atom stereocenters. The van der Waals surface area contributed by atoms with Crippen LogP contribution in [0, 0.1) is 0 Å². The van der Waals surface area contributed by atoms with E-state index in [1.54, 1.807) is 18.3 Å². The lowest BCUT2D eigenvalue weighted by Crippen LogP contribution is -2.30. The van der Waals surface area contributed by atoms with E-state index in [-0.39, 0.29) is 11.9 Å². The molecule has 25 heavy (non-hydrogen) atoms. The smallest absolute Gasteiger partial charge is 0.252 e. The summed E-state index contributed by atoms with van der Waals surface area (Å²) in [7, 11) is 0. The summed E-state index contributed by atoms with van der Waals surface area (Å²) in [5.41, 5.74) is 7.71. The molecule has 3 rings (SSSR count). The summed E-state index contributed by atoms with van der Waals surface area (Å²) < 4.78 is 0. The average Bonchev–Trinajstić information content (AvgIpc) is 2.67. The number of hydrogen-bond acceptors (Lipinski definition) is 3. The Morgan fingerprint density at radius 3 is 2.08 bits per heavy atom. The highest BCUT2D eigenvalue weighted by atomic mass is 16.2. The zero-order valence-corrected chi connectivity index (χ0v) is 13.4. The van der Waals surface area contributed by atoms with Gasteiger partial charge in [-0.25, -0.2) is 0 Å². The summed E-state index contributed by atoms with van der Waals surface area (Å²) in [6.45, 7) is 0. The lowest BCUT2D eigenvalue weighted by molar-refractivity contribution is 0.0940. The molecule has 1 atom stereocenters. The molecule has 0 fully saturated rings. The highest BCUT2D eigenvalue weighted by molar-refractivity contribution is 5.97. The Bertz CT molecular complexity index is 823. The number of hydrogen-bond donors (Lipinski definition) is 2. The maximum atomic E-state index is 12.6. The number of aromatic nitrogens is 1. The average molecular weight is 331 g/mol. The second-order valence-corrected chi connectivity index (χ2v) is 5.51. The standard InChI is InChI=1S/C20H17N3O2/c21-19(24)15-9-11-16(12-10-15)20(25)23-18(14-6-2-1-3-7-14)17-8-4-5-13-22-17/h1-13,18H,(H2,21,24)(H,23,25). The Balaban J connectivity index is 1.87. The first-order chi connectivity index (χ1) is 12.1. The Morgan fingerprint density at radius 1 is 0.840 bits per heavy atom. The third kappa shape index (κ3) is 3.90. The van der Waals surface area contributed by atoms with Gasteiger partial charge in [0.05, 0.1) is 11.7 Å². The number of carbonyl (C=O) groups is 2. The fourth-order valence-corrected chi connectivity index (χ4v) is 2.52. The Labute approximate surface area is 145 Å². The molecule has 5 nitrogen and oxygen atoms in total. The summed E-state index contributed by atoms with van der Waals surface area (Å²) in [4.78, 5) is 28.1. The molecule has 124 valence electrons. The molecule has 0 aliphatic rings. The first-order valence-corrected chi connectivity index (χ1v) is 7.82. The largest absolute Gasteiger partial charge is 0.366 e. The number of nitrogens with one attached hydrogen (secondary N) is 1.